The summed E-state index contributed by atoms with van der Waals surface area (Å²) in [4.78, 5) is 35.4. The predicted molar refractivity (Wildman–Crippen MR) is 89.8 cm³/mol. The minimum absolute atomic E-state index is 0.0578. The summed E-state index contributed by atoms with van der Waals surface area (Å²) in [5, 5.41) is 14.2. The molecule has 2 atom stereocenters. The first-order valence-corrected chi connectivity index (χ1v) is 8.52. The van der Waals surface area contributed by atoms with Gasteiger partial charge in [-0.05, 0) is 18.8 Å². The molecule has 0 spiro atoms. The van der Waals surface area contributed by atoms with Crippen LogP contribution in [-0.4, -0.2) is 41.9 Å². The molecule has 0 saturated heterocycles. The number of aliphatic hydroxyl groups excluding tert-OH is 1. The van der Waals surface area contributed by atoms with Gasteiger partial charge in [-0.25, -0.2) is 0 Å². The van der Waals surface area contributed by atoms with Crippen molar-refractivity contribution in [1.82, 2.24) is 10.6 Å². The highest BCUT2D eigenvalue weighted by Gasteiger charge is 2.21. The van der Waals surface area contributed by atoms with E-state index in [2.05, 4.69) is 24.5 Å². The summed E-state index contributed by atoms with van der Waals surface area (Å²) in [6.45, 7) is 7.41. The molecule has 0 fully saturated rings. The summed E-state index contributed by atoms with van der Waals surface area (Å²) >= 11 is 0. The number of ketones is 1. The van der Waals surface area contributed by atoms with Crippen LogP contribution < -0.4 is 10.6 Å². The Morgan fingerprint density at radius 2 is 1.74 bits per heavy atom. The standard InChI is InChI=1S/C17H32N2O4/c1-5-13(4)15(21)10-18-17(23)14(11-20)19-16(22)9-7-6-8-12(2)3/h12-14,20H,5-11H2,1-4H3,(H,18,23)(H,19,22). The van der Waals surface area contributed by atoms with Crippen molar-refractivity contribution in [3.05, 3.63) is 0 Å². The van der Waals surface area contributed by atoms with Crippen LogP contribution in [0, 0.1) is 11.8 Å². The van der Waals surface area contributed by atoms with Crippen LogP contribution in [-0.2, 0) is 14.4 Å². The molecular formula is C17H32N2O4. The zero-order valence-corrected chi connectivity index (χ0v) is 14.9. The number of unbranched alkanes of at least 4 members (excludes halogenated alkanes) is 1. The van der Waals surface area contributed by atoms with Crippen LogP contribution in [0.1, 0.15) is 59.8 Å². The molecule has 6 heteroatoms. The maximum absolute atomic E-state index is 11.9. The van der Waals surface area contributed by atoms with Crippen LogP contribution in [0.3, 0.4) is 0 Å². The van der Waals surface area contributed by atoms with Gasteiger partial charge < -0.3 is 15.7 Å². The Kier molecular flexibility index (Phi) is 11.3. The topological polar surface area (TPSA) is 95.5 Å². The lowest BCUT2D eigenvalue weighted by Crippen LogP contribution is -2.50. The van der Waals surface area contributed by atoms with Gasteiger partial charge in [0.2, 0.25) is 11.8 Å². The van der Waals surface area contributed by atoms with Crippen LogP contribution in [0.25, 0.3) is 0 Å². The van der Waals surface area contributed by atoms with E-state index in [0.717, 1.165) is 19.3 Å². The molecule has 0 rings (SSSR count). The number of rotatable bonds is 12. The van der Waals surface area contributed by atoms with Gasteiger partial charge in [0.05, 0.1) is 13.2 Å². The Hall–Kier alpha value is -1.43. The number of Topliss-reactive ketones (excluding diaryl/α,β-unsaturated/α-hetero) is 1. The van der Waals surface area contributed by atoms with Crippen molar-refractivity contribution in [2.45, 2.75) is 65.8 Å². The number of carbonyl (C=O) groups excluding carboxylic acids is 3. The zero-order chi connectivity index (χ0) is 17.8. The van der Waals surface area contributed by atoms with Crippen molar-refractivity contribution in [2.24, 2.45) is 11.8 Å². The fourth-order valence-corrected chi connectivity index (χ4v) is 2.00. The Morgan fingerprint density at radius 3 is 2.26 bits per heavy atom. The molecule has 23 heavy (non-hydrogen) atoms. The second-order valence-corrected chi connectivity index (χ2v) is 6.44. The van der Waals surface area contributed by atoms with E-state index in [0.29, 0.717) is 18.8 Å². The highest BCUT2D eigenvalue weighted by Crippen LogP contribution is 2.08. The van der Waals surface area contributed by atoms with Gasteiger partial charge in [-0.1, -0.05) is 40.5 Å². The van der Waals surface area contributed by atoms with E-state index < -0.39 is 18.6 Å². The SMILES string of the molecule is CCC(C)C(=O)CNC(=O)C(CO)NC(=O)CCCCC(C)C. The summed E-state index contributed by atoms with van der Waals surface area (Å²) in [5.74, 6) is -0.344. The number of carbonyl (C=O) groups is 3. The summed E-state index contributed by atoms with van der Waals surface area (Å²) in [6.07, 6.45) is 3.84. The monoisotopic (exact) mass is 328 g/mol. The third-order valence-corrected chi connectivity index (χ3v) is 3.87. The van der Waals surface area contributed by atoms with Crippen LogP contribution in [0.5, 0.6) is 0 Å². The third-order valence-electron chi connectivity index (χ3n) is 3.87. The minimum Gasteiger partial charge on any atom is -0.394 e. The van der Waals surface area contributed by atoms with Crippen molar-refractivity contribution in [3.63, 3.8) is 0 Å². The summed E-state index contributed by atoms with van der Waals surface area (Å²) in [7, 11) is 0. The van der Waals surface area contributed by atoms with Gasteiger partial charge >= 0.3 is 0 Å². The first kappa shape index (κ1) is 21.6. The third kappa shape index (κ3) is 10.0. The van der Waals surface area contributed by atoms with E-state index >= 15 is 0 Å². The lowest BCUT2D eigenvalue weighted by molar-refractivity contribution is -0.131. The van der Waals surface area contributed by atoms with E-state index in [1.807, 2.05) is 6.92 Å². The lowest BCUT2D eigenvalue weighted by atomic mass is 10.0. The molecule has 0 heterocycles. The molecule has 0 aromatic carbocycles. The molecular weight excluding hydrogens is 296 g/mol. The van der Waals surface area contributed by atoms with Gasteiger partial charge in [-0.15, -0.1) is 0 Å². The van der Waals surface area contributed by atoms with Crippen LogP contribution in [0.2, 0.25) is 0 Å². The zero-order valence-electron chi connectivity index (χ0n) is 14.9. The second-order valence-electron chi connectivity index (χ2n) is 6.44. The van der Waals surface area contributed by atoms with E-state index in [1.165, 1.54) is 0 Å². The van der Waals surface area contributed by atoms with Gasteiger partial charge in [0.1, 0.15) is 6.04 Å². The second kappa shape index (κ2) is 12.0. The van der Waals surface area contributed by atoms with E-state index in [-0.39, 0.29) is 24.2 Å². The number of hydrogen-bond donors (Lipinski definition) is 3. The Bertz CT molecular complexity index is 383. The predicted octanol–water partition coefficient (Wildman–Crippen LogP) is 1.41. The van der Waals surface area contributed by atoms with E-state index in [4.69, 9.17) is 0 Å². The maximum Gasteiger partial charge on any atom is 0.245 e. The van der Waals surface area contributed by atoms with E-state index in [9.17, 15) is 19.5 Å². The summed E-state index contributed by atoms with van der Waals surface area (Å²) in [5.41, 5.74) is 0. The highest BCUT2D eigenvalue weighted by atomic mass is 16.3. The molecule has 0 aromatic rings. The van der Waals surface area contributed by atoms with Gasteiger partial charge in [-0.3, -0.25) is 14.4 Å². The van der Waals surface area contributed by atoms with Gasteiger partial charge in [0.15, 0.2) is 5.78 Å². The molecule has 0 radical (unpaired) electrons. The highest BCUT2D eigenvalue weighted by molar-refractivity contribution is 5.91. The maximum atomic E-state index is 11.9. The quantitative estimate of drug-likeness (QED) is 0.472. The largest absolute Gasteiger partial charge is 0.394 e. The average molecular weight is 328 g/mol. The summed E-state index contributed by atoms with van der Waals surface area (Å²) in [6, 6.07) is -1.00. The molecule has 0 aliphatic carbocycles. The van der Waals surface area contributed by atoms with Crippen LogP contribution in [0.15, 0.2) is 0 Å². The Balaban J connectivity index is 4.14. The molecule has 134 valence electrons. The van der Waals surface area contributed by atoms with Crippen LogP contribution >= 0.6 is 0 Å². The van der Waals surface area contributed by atoms with Gasteiger partial charge in [0, 0.05) is 12.3 Å². The first-order valence-electron chi connectivity index (χ1n) is 8.52. The number of amides is 2. The average Bonchev–Trinajstić information content (AvgIpc) is 2.52. The fourth-order valence-electron chi connectivity index (χ4n) is 2.00. The molecule has 0 bridgehead atoms. The molecule has 2 amide bonds. The smallest absolute Gasteiger partial charge is 0.245 e. The Labute approximate surface area is 139 Å². The normalized spacial score (nSPS) is 13.5. The molecule has 0 aromatic heterocycles. The minimum atomic E-state index is -1.00. The molecule has 6 nitrogen and oxygen atoms in total. The van der Waals surface area contributed by atoms with Crippen molar-refractivity contribution >= 4 is 17.6 Å². The number of aliphatic hydroxyl groups is 1. The fraction of sp³-hybridized carbons (Fsp3) is 0.824. The van der Waals surface area contributed by atoms with Crippen molar-refractivity contribution in [2.75, 3.05) is 13.2 Å². The molecule has 0 aliphatic heterocycles. The van der Waals surface area contributed by atoms with E-state index in [1.54, 1.807) is 6.92 Å². The van der Waals surface area contributed by atoms with Crippen molar-refractivity contribution < 1.29 is 19.5 Å². The number of hydrogen-bond acceptors (Lipinski definition) is 4. The first-order chi connectivity index (χ1) is 10.8. The van der Waals surface area contributed by atoms with Crippen molar-refractivity contribution in [3.8, 4) is 0 Å². The Morgan fingerprint density at radius 1 is 1.09 bits per heavy atom. The van der Waals surface area contributed by atoms with Gasteiger partial charge in [0.25, 0.3) is 0 Å². The molecule has 0 aliphatic rings. The molecule has 0 saturated carbocycles. The van der Waals surface area contributed by atoms with Crippen LogP contribution in [0.4, 0.5) is 0 Å². The number of nitrogens with one attached hydrogen (secondary N) is 2. The van der Waals surface area contributed by atoms with Gasteiger partial charge in [-0.2, -0.15) is 0 Å². The summed E-state index contributed by atoms with van der Waals surface area (Å²) < 4.78 is 0. The molecule has 3 N–H and O–H groups in total. The lowest BCUT2D eigenvalue weighted by Gasteiger charge is -2.17. The molecule has 2 unspecified atom stereocenters. The van der Waals surface area contributed by atoms with Crippen molar-refractivity contribution in [1.29, 1.82) is 0 Å².